The van der Waals surface area contributed by atoms with Gasteiger partial charge in [0.15, 0.2) is 0 Å². The number of aliphatic hydroxyl groups excluding tert-OH is 1. The van der Waals surface area contributed by atoms with Gasteiger partial charge in [0, 0.05) is 10.0 Å². The first-order valence-electron chi connectivity index (χ1n) is 6.58. The van der Waals surface area contributed by atoms with Crippen LogP contribution in [0.1, 0.15) is 30.6 Å². The first-order valence-corrected chi connectivity index (χ1v) is 8.16. The number of hydrogen-bond acceptors (Lipinski definition) is 2. The second-order valence-corrected chi connectivity index (χ2v) is 6.38. The molecule has 0 spiro atoms. The number of ether oxygens (including phenoxy) is 1. The van der Waals surface area contributed by atoms with Crippen LogP contribution in [0.25, 0.3) is 0 Å². The molecular weight excluding hydrogens is 403 g/mol. The molecule has 21 heavy (non-hydrogen) atoms. The highest BCUT2D eigenvalue weighted by Gasteiger charge is 2.16. The van der Waals surface area contributed by atoms with Crippen molar-refractivity contribution in [2.45, 2.75) is 19.4 Å². The molecule has 2 nitrogen and oxygen atoms in total. The van der Waals surface area contributed by atoms with Gasteiger partial charge in [-0.2, -0.15) is 0 Å². The van der Waals surface area contributed by atoms with E-state index in [0.29, 0.717) is 17.9 Å². The van der Waals surface area contributed by atoms with E-state index in [0.717, 1.165) is 15.4 Å². The lowest BCUT2D eigenvalue weighted by atomic mass is 10.0. The molecule has 0 aliphatic rings. The van der Waals surface area contributed by atoms with Crippen LogP contribution in [0.15, 0.2) is 45.3 Å². The molecule has 2 aromatic rings. The lowest BCUT2D eigenvalue weighted by Crippen LogP contribution is -2.03. The van der Waals surface area contributed by atoms with Crippen molar-refractivity contribution in [3.05, 3.63) is 62.3 Å². The van der Waals surface area contributed by atoms with Gasteiger partial charge in [-0.15, -0.1) is 0 Å². The first-order chi connectivity index (χ1) is 10.0. The van der Waals surface area contributed by atoms with E-state index in [1.807, 2.05) is 6.92 Å². The van der Waals surface area contributed by atoms with Crippen molar-refractivity contribution >= 4 is 31.9 Å². The van der Waals surface area contributed by atoms with E-state index >= 15 is 0 Å². The van der Waals surface area contributed by atoms with Crippen molar-refractivity contribution in [2.75, 3.05) is 6.61 Å². The molecule has 0 aliphatic carbocycles. The highest BCUT2D eigenvalue weighted by atomic mass is 79.9. The Morgan fingerprint density at radius 3 is 2.62 bits per heavy atom. The van der Waals surface area contributed by atoms with Gasteiger partial charge in [-0.1, -0.05) is 28.9 Å². The van der Waals surface area contributed by atoms with E-state index in [1.54, 1.807) is 30.3 Å². The third-order valence-electron chi connectivity index (χ3n) is 2.99. The zero-order valence-corrected chi connectivity index (χ0v) is 14.6. The molecule has 0 bridgehead atoms. The quantitative estimate of drug-likeness (QED) is 0.722. The largest absolute Gasteiger partial charge is 0.492 e. The third kappa shape index (κ3) is 4.05. The van der Waals surface area contributed by atoms with E-state index in [1.165, 1.54) is 6.07 Å². The van der Waals surface area contributed by atoms with Crippen LogP contribution in [0, 0.1) is 5.82 Å². The minimum absolute atomic E-state index is 0.235. The summed E-state index contributed by atoms with van der Waals surface area (Å²) < 4.78 is 20.9. The molecule has 5 heteroatoms. The van der Waals surface area contributed by atoms with Crippen molar-refractivity contribution < 1.29 is 14.2 Å². The van der Waals surface area contributed by atoms with Crippen LogP contribution >= 0.6 is 31.9 Å². The lowest BCUT2D eigenvalue weighted by molar-refractivity contribution is 0.214. The molecule has 2 rings (SSSR count). The number of hydrogen-bond donors (Lipinski definition) is 1. The van der Waals surface area contributed by atoms with Gasteiger partial charge in [0.1, 0.15) is 17.7 Å². The fraction of sp³-hybridized carbons (Fsp3) is 0.250. The molecular formula is C16H15Br2FO2. The maximum Gasteiger partial charge on any atom is 0.133 e. The van der Waals surface area contributed by atoms with Gasteiger partial charge in [-0.05, 0) is 58.2 Å². The summed E-state index contributed by atoms with van der Waals surface area (Å²) >= 11 is 6.70. The van der Waals surface area contributed by atoms with Gasteiger partial charge >= 0.3 is 0 Å². The maximum absolute atomic E-state index is 13.8. The predicted octanol–water partition coefficient (Wildman–Crippen LogP) is 5.22. The van der Waals surface area contributed by atoms with Crippen LogP contribution < -0.4 is 4.74 Å². The SMILES string of the molecule is CCCOc1ccc(C(O)c2cc(Br)ccc2F)cc1Br. The van der Waals surface area contributed by atoms with Gasteiger partial charge in [0.25, 0.3) is 0 Å². The zero-order chi connectivity index (χ0) is 15.4. The van der Waals surface area contributed by atoms with E-state index in [9.17, 15) is 9.50 Å². The van der Waals surface area contributed by atoms with Crippen LogP contribution in [-0.4, -0.2) is 11.7 Å². The van der Waals surface area contributed by atoms with E-state index in [2.05, 4.69) is 31.9 Å². The smallest absolute Gasteiger partial charge is 0.133 e. The standard InChI is InChI=1S/C16H15Br2FO2/c1-2-7-21-15-6-3-10(8-13(15)18)16(20)12-9-11(17)4-5-14(12)19/h3-6,8-9,16,20H,2,7H2,1H3. The molecule has 1 N–H and O–H groups in total. The highest BCUT2D eigenvalue weighted by molar-refractivity contribution is 9.10. The minimum atomic E-state index is -1.03. The van der Waals surface area contributed by atoms with Gasteiger partial charge in [-0.3, -0.25) is 0 Å². The topological polar surface area (TPSA) is 29.5 Å². The Kier molecular flexibility index (Phi) is 5.79. The van der Waals surface area contributed by atoms with E-state index in [4.69, 9.17) is 4.74 Å². The van der Waals surface area contributed by atoms with Gasteiger partial charge < -0.3 is 9.84 Å². The van der Waals surface area contributed by atoms with Gasteiger partial charge in [0.05, 0.1) is 11.1 Å². The van der Waals surface area contributed by atoms with Crippen molar-refractivity contribution in [2.24, 2.45) is 0 Å². The lowest BCUT2D eigenvalue weighted by Gasteiger charge is -2.15. The fourth-order valence-electron chi connectivity index (χ4n) is 1.92. The number of halogens is 3. The van der Waals surface area contributed by atoms with Crippen molar-refractivity contribution in [3.8, 4) is 5.75 Å². The number of benzene rings is 2. The summed E-state index contributed by atoms with van der Waals surface area (Å²) in [6.45, 7) is 2.66. The molecule has 0 saturated carbocycles. The van der Waals surface area contributed by atoms with Crippen LogP contribution in [0.2, 0.25) is 0 Å². The number of aliphatic hydroxyl groups is 1. The summed E-state index contributed by atoms with van der Waals surface area (Å²) in [5, 5.41) is 10.4. The summed E-state index contributed by atoms with van der Waals surface area (Å²) in [4.78, 5) is 0. The Labute approximate surface area is 140 Å². The second kappa shape index (κ2) is 7.38. The highest BCUT2D eigenvalue weighted by Crippen LogP contribution is 2.32. The average Bonchev–Trinajstić information content (AvgIpc) is 2.47. The fourth-order valence-corrected chi connectivity index (χ4v) is 2.81. The second-order valence-electron chi connectivity index (χ2n) is 4.61. The summed E-state index contributed by atoms with van der Waals surface area (Å²) in [6.07, 6.45) is -0.112. The molecule has 112 valence electrons. The Morgan fingerprint density at radius 1 is 1.19 bits per heavy atom. The van der Waals surface area contributed by atoms with Crippen LogP contribution in [0.5, 0.6) is 5.75 Å². The minimum Gasteiger partial charge on any atom is -0.492 e. The molecule has 0 aromatic heterocycles. The monoisotopic (exact) mass is 416 g/mol. The molecule has 0 saturated heterocycles. The van der Waals surface area contributed by atoms with Crippen LogP contribution in [0.3, 0.4) is 0 Å². The summed E-state index contributed by atoms with van der Waals surface area (Å²) in [5.41, 5.74) is 0.834. The molecule has 1 atom stereocenters. The maximum atomic E-state index is 13.8. The molecule has 0 aliphatic heterocycles. The normalized spacial score (nSPS) is 12.2. The Hall–Kier alpha value is -0.910. The first kappa shape index (κ1) is 16.5. The Morgan fingerprint density at radius 2 is 1.95 bits per heavy atom. The summed E-state index contributed by atoms with van der Waals surface area (Å²) in [5.74, 6) is 0.274. The van der Waals surface area contributed by atoms with Crippen molar-refractivity contribution in [1.29, 1.82) is 0 Å². The predicted molar refractivity (Wildman–Crippen MR) is 88.1 cm³/mol. The van der Waals surface area contributed by atoms with Gasteiger partial charge in [0.2, 0.25) is 0 Å². The van der Waals surface area contributed by atoms with Crippen molar-refractivity contribution in [3.63, 3.8) is 0 Å². The van der Waals surface area contributed by atoms with E-state index < -0.39 is 11.9 Å². The molecule has 0 amide bonds. The third-order valence-corrected chi connectivity index (χ3v) is 4.10. The number of rotatable bonds is 5. The Balaban J connectivity index is 2.29. The zero-order valence-electron chi connectivity index (χ0n) is 11.4. The molecule has 0 heterocycles. The Bertz CT molecular complexity index is 632. The van der Waals surface area contributed by atoms with Crippen molar-refractivity contribution in [1.82, 2.24) is 0 Å². The summed E-state index contributed by atoms with van der Waals surface area (Å²) in [6, 6.07) is 9.76. The van der Waals surface area contributed by atoms with E-state index in [-0.39, 0.29) is 5.56 Å². The average molecular weight is 418 g/mol. The van der Waals surface area contributed by atoms with Crippen LogP contribution in [-0.2, 0) is 0 Å². The molecule has 0 fully saturated rings. The van der Waals surface area contributed by atoms with Gasteiger partial charge in [-0.25, -0.2) is 4.39 Å². The summed E-state index contributed by atoms with van der Waals surface area (Å²) in [7, 11) is 0. The molecule has 0 radical (unpaired) electrons. The van der Waals surface area contributed by atoms with Crippen LogP contribution in [0.4, 0.5) is 4.39 Å². The molecule has 2 aromatic carbocycles. The molecule has 1 unspecified atom stereocenters.